The quantitative estimate of drug-likeness (QED) is 0.530. The lowest BCUT2D eigenvalue weighted by atomic mass is 10.2. The van der Waals surface area contributed by atoms with Crippen molar-refractivity contribution >= 4 is 40.9 Å². The highest BCUT2D eigenvalue weighted by molar-refractivity contribution is 8.18. The van der Waals surface area contributed by atoms with Gasteiger partial charge in [-0.2, -0.15) is 0 Å². The second-order valence-corrected chi connectivity index (χ2v) is 6.72. The highest BCUT2D eigenvalue weighted by atomic mass is 32.2. The van der Waals surface area contributed by atoms with Crippen LogP contribution >= 0.6 is 11.8 Å². The molecule has 0 aliphatic carbocycles. The number of hydrogen-bond acceptors (Lipinski definition) is 7. The largest absolute Gasteiger partial charge is 0.482 e. The third-order valence-electron chi connectivity index (χ3n) is 3.61. The highest BCUT2D eigenvalue weighted by Gasteiger charge is 2.36. The first-order chi connectivity index (χ1) is 12.8. The summed E-state index contributed by atoms with van der Waals surface area (Å²) in [5.41, 5.74) is 0.630. The molecule has 144 valence electrons. The summed E-state index contributed by atoms with van der Waals surface area (Å²) in [6.45, 7) is 2.72. The zero-order chi connectivity index (χ0) is 20.0. The van der Waals surface area contributed by atoms with Crippen LogP contribution in [0.15, 0.2) is 29.2 Å². The van der Waals surface area contributed by atoms with Gasteiger partial charge in [0.05, 0.1) is 11.0 Å². The van der Waals surface area contributed by atoms with Crippen LogP contribution in [-0.2, 0) is 19.1 Å². The number of rotatable bonds is 8. The number of imide groups is 1. The van der Waals surface area contributed by atoms with Crippen molar-refractivity contribution in [3.63, 3.8) is 0 Å². The summed E-state index contributed by atoms with van der Waals surface area (Å²) < 4.78 is 10.1. The summed E-state index contributed by atoms with van der Waals surface area (Å²) in [7, 11) is 0. The minimum Gasteiger partial charge on any atom is -0.482 e. The molecule has 1 fully saturated rings. The number of carbonyl (C=O) groups excluding carboxylic acids is 3. The predicted octanol–water partition coefficient (Wildman–Crippen LogP) is 2.53. The van der Waals surface area contributed by atoms with Gasteiger partial charge in [0.25, 0.3) is 11.1 Å². The molecule has 2 rings (SSSR count). The van der Waals surface area contributed by atoms with E-state index in [1.165, 1.54) is 6.08 Å². The Morgan fingerprint density at radius 3 is 2.52 bits per heavy atom. The van der Waals surface area contributed by atoms with E-state index in [0.717, 1.165) is 16.7 Å². The standard InChI is InChI=1S/C18H19NO7S/c1-3-11(2)26-16(22)9-19-17(23)14(27-18(19)24)8-12-4-6-13(7-5-12)25-10-15(20)21/h4-8,11H,3,9-10H2,1-2H3,(H,20,21)/b14-8+/t11-/m0/s1. The van der Waals surface area contributed by atoms with E-state index in [0.29, 0.717) is 17.7 Å². The number of amides is 2. The lowest BCUT2D eigenvalue weighted by molar-refractivity contribution is -0.150. The van der Waals surface area contributed by atoms with Crippen molar-refractivity contribution in [2.24, 2.45) is 0 Å². The molecule has 1 aromatic rings. The summed E-state index contributed by atoms with van der Waals surface area (Å²) in [4.78, 5) is 47.7. The van der Waals surface area contributed by atoms with Gasteiger partial charge < -0.3 is 14.6 Å². The maximum absolute atomic E-state index is 12.4. The Labute approximate surface area is 160 Å². The van der Waals surface area contributed by atoms with Crippen molar-refractivity contribution in [2.45, 2.75) is 26.4 Å². The van der Waals surface area contributed by atoms with Crippen LogP contribution < -0.4 is 4.74 Å². The summed E-state index contributed by atoms with van der Waals surface area (Å²) in [6, 6.07) is 6.37. The number of carboxylic acid groups (broad SMARTS) is 1. The maximum atomic E-state index is 12.4. The summed E-state index contributed by atoms with van der Waals surface area (Å²) in [5, 5.41) is 8.04. The van der Waals surface area contributed by atoms with Gasteiger partial charge in [0.1, 0.15) is 12.3 Å². The van der Waals surface area contributed by atoms with Gasteiger partial charge in [0.15, 0.2) is 6.61 Å². The number of thioether (sulfide) groups is 1. The smallest absolute Gasteiger partial charge is 0.341 e. The topological polar surface area (TPSA) is 110 Å². The van der Waals surface area contributed by atoms with Crippen LogP contribution in [-0.4, -0.2) is 52.3 Å². The van der Waals surface area contributed by atoms with E-state index < -0.39 is 36.2 Å². The van der Waals surface area contributed by atoms with E-state index in [-0.39, 0.29) is 11.0 Å². The van der Waals surface area contributed by atoms with E-state index >= 15 is 0 Å². The third-order valence-corrected chi connectivity index (χ3v) is 4.52. The fourth-order valence-corrected chi connectivity index (χ4v) is 2.91. The van der Waals surface area contributed by atoms with Crippen molar-refractivity contribution < 1.29 is 33.8 Å². The number of carbonyl (C=O) groups is 4. The van der Waals surface area contributed by atoms with E-state index in [2.05, 4.69) is 0 Å². The average molecular weight is 393 g/mol. The summed E-state index contributed by atoms with van der Waals surface area (Å²) in [6.07, 6.45) is 1.88. The molecule has 8 nitrogen and oxygen atoms in total. The van der Waals surface area contributed by atoms with Crippen LogP contribution in [0.4, 0.5) is 4.79 Å². The SMILES string of the molecule is CC[C@H](C)OC(=O)CN1C(=O)S/C(=C/c2ccc(OCC(=O)O)cc2)C1=O. The second kappa shape index (κ2) is 9.22. The minimum absolute atomic E-state index is 0.190. The predicted molar refractivity (Wildman–Crippen MR) is 98.1 cm³/mol. The highest BCUT2D eigenvalue weighted by Crippen LogP contribution is 2.32. The van der Waals surface area contributed by atoms with E-state index in [9.17, 15) is 19.2 Å². The molecule has 27 heavy (non-hydrogen) atoms. The average Bonchev–Trinajstić information content (AvgIpc) is 2.88. The van der Waals surface area contributed by atoms with Crippen LogP contribution in [0.2, 0.25) is 0 Å². The molecule has 0 unspecified atom stereocenters. The Balaban J connectivity index is 2.02. The zero-order valence-corrected chi connectivity index (χ0v) is 15.7. The van der Waals surface area contributed by atoms with Gasteiger partial charge in [-0.25, -0.2) is 4.79 Å². The van der Waals surface area contributed by atoms with Gasteiger partial charge >= 0.3 is 11.9 Å². The monoisotopic (exact) mass is 393 g/mol. The van der Waals surface area contributed by atoms with Crippen molar-refractivity contribution in [2.75, 3.05) is 13.2 Å². The van der Waals surface area contributed by atoms with Gasteiger partial charge in [0.2, 0.25) is 0 Å². The van der Waals surface area contributed by atoms with E-state index in [4.69, 9.17) is 14.6 Å². The number of ether oxygens (including phenoxy) is 2. The molecular formula is C18H19NO7S. The number of nitrogens with zero attached hydrogens (tertiary/aromatic N) is 1. The van der Waals surface area contributed by atoms with Gasteiger partial charge in [-0.15, -0.1) is 0 Å². The van der Waals surface area contributed by atoms with Crippen LogP contribution in [0.25, 0.3) is 6.08 Å². The molecule has 1 aliphatic rings. The molecule has 1 atom stereocenters. The molecule has 1 saturated heterocycles. The van der Waals surface area contributed by atoms with Crippen LogP contribution in [0.3, 0.4) is 0 Å². The normalized spacial score (nSPS) is 16.5. The number of benzene rings is 1. The molecule has 0 bridgehead atoms. The molecule has 2 amide bonds. The Morgan fingerprint density at radius 1 is 1.26 bits per heavy atom. The molecule has 9 heteroatoms. The number of carboxylic acids is 1. The Hall–Kier alpha value is -2.81. The number of esters is 1. The van der Waals surface area contributed by atoms with Crippen molar-refractivity contribution in [3.8, 4) is 5.75 Å². The van der Waals surface area contributed by atoms with Crippen LogP contribution in [0.1, 0.15) is 25.8 Å². The van der Waals surface area contributed by atoms with E-state index in [1.54, 1.807) is 31.2 Å². The number of hydrogen-bond donors (Lipinski definition) is 1. The maximum Gasteiger partial charge on any atom is 0.341 e. The fourth-order valence-electron chi connectivity index (χ4n) is 2.07. The lowest BCUT2D eigenvalue weighted by Gasteiger charge is -2.14. The van der Waals surface area contributed by atoms with Crippen molar-refractivity contribution in [1.82, 2.24) is 4.90 Å². The van der Waals surface area contributed by atoms with Crippen molar-refractivity contribution in [3.05, 3.63) is 34.7 Å². The summed E-state index contributed by atoms with van der Waals surface area (Å²) >= 11 is 0.743. The molecule has 1 aliphatic heterocycles. The molecule has 0 aromatic heterocycles. The van der Waals surface area contributed by atoms with Gasteiger partial charge in [-0.3, -0.25) is 19.3 Å². The minimum atomic E-state index is -1.08. The second-order valence-electron chi connectivity index (χ2n) is 5.73. The zero-order valence-electron chi connectivity index (χ0n) is 14.8. The van der Waals surface area contributed by atoms with Crippen LogP contribution in [0.5, 0.6) is 5.75 Å². The molecule has 1 aromatic carbocycles. The molecule has 1 N–H and O–H groups in total. The molecule has 1 heterocycles. The van der Waals surface area contributed by atoms with E-state index in [1.807, 2.05) is 6.92 Å². The fraction of sp³-hybridized carbons (Fsp3) is 0.333. The summed E-state index contributed by atoms with van der Waals surface area (Å²) in [5.74, 6) is -1.90. The van der Waals surface area contributed by atoms with Crippen LogP contribution in [0, 0.1) is 0 Å². The first kappa shape index (κ1) is 20.5. The first-order valence-corrected chi connectivity index (χ1v) is 9.01. The van der Waals surface area contributed by atoms with Crippen molar-refractivity contribution in [1.29, 1.82) is 0 Å². The molecule has 0 spiro atoms. The number of aliphatic carboxylic acids is 1. The molecule has 0 saturated carbocycles. The Kier molecular flexibility index (Phi) is 7.00. The van der Waals surface area contributed by atoms with Gasteiger partial charge in [-0.1, -0.05) is 19.1 Å². The first-order valence-electron chi connectivity index (χ1n) is 8.19. The van der Waals surface area contributed by atoms with Gasteiger partial charge in [0, 0.05) is 0 Å². The van der Waals surface area contributed by atoms with Gasteiger partial charge in [-0.05, 0) is 48.9 Å². The molecular weight excluding hydrogens is 374 g/mol. The third kappa shape index (κ3) is 5.85. The lowest BCUT2D eigenvalue weighted by Crippen LogP contribution is -2.35. The Morgan fingerprint density at radius 2 is 1.93 bits per heavy atom. The molecule has 0 radical (unpaired) electrons. The Bertz CT molecular complexity index is 772.